The average Bonchev–Trinajstić information content (AvgIpc) is 2.86. The molecule has 2 aromatic rings. The lowest BCUT2D eigenvalue weighted by atomic mass is 10.0. The number of hydrogen-bond donors (Lipinski definition) is 0. The Morgan fingerprint density at radius 2 is 1.22 bits per heavy atom. The molecule has 0 atom stereocenters. The summed E-state index contributed by atoms with van der Waals surface area (Å²) in [5, 5.41) is 21.9. The summed E-state index contributed by atoms with van der Waals surface area (Å²) in [5.74, 6) is -3.03. The van der Waals surface area contributed by atoms with Gasteiger partial charge < -0.3 is 14.2 Å². The molecule has 2 aromatic carbocycles. The molecule has 0 fully saturated rings. The zero-order chi connectivity index (χ0) is 26.8. The van der Waals surface area contributed by atoms with Crippen LogP contribution in [-0.4, -0.2) is 41.0 Å². The number of non-ortho nitro benzene ring substituents is 2. The summed E-state index contributed by atoms with van der Waals surface area (Å²) in [6.45, 7) is 6.77. The van der Waals surface area contributed by atoms with Gasteiger partial charge in [0.25, 0.3) is 11.4 Å². The minimum Gasteiger partial charge on any atom is -0.463 e. The minimum atomic E-state index is -0.984. The predicted molar refractivity (Wildman–Crippen MR) is 126 cm³/mol. The second-order valence-electron chi connectivity index (χ2n) is 7.03. The molecule has 12 nitrogen and oxygen atoms in total. The van der Waals surface area contributed by atoms with E-state index >= 15 is 0 Å². The van der Waals surface area contributed by atoms with Crippen molar-refractivity contribution in [2.75, 3.05) is 13.2 Å². The van der Waals surface area contributed by atoms with E-state index in [2.05, 4.69) is 6.58 Å². The number of esters is 3. The van der Waals surface area contributed by atoms with Crippen LogP contribution < -0.4 is 0 Å². The second kappa shape index (κ2) is 12.6. The highest BCUT2D eigenvalue weighted by Gasteiger charge is 2.26. The molecule has 0 amide bonds. The molecule has 0 saturated carbocycles. The zero-order valence-electron chi connectivity index (χ0n) is 19.4. The highest BCUT2D eigenvalue weighted by molar-refractivity contribution is 6.02. The van der Waals surface area contributed by atoms with Gasteiger partial charge in [0, 0.05) is 41.8 Å². The molecule has 0 aliphatic rings. The lowest BCUT2D eigenvalue weighted by molar-refractivity contribution is -0.385. The van der Waals surface area contributed by atoms with Crippen molar-refractivity contribution in [3.05, 3.63) is 97.6 Å². The Hall–Kier alpha value is -4.87. The van der Waals surface area contributed by atoms with E-state index in [4.69, 9.17) is 14.2 Å². The molecule has 0 aliphatic heterocycles. The Labute approximate surface area is 205 Å². The summed E-state index contributed by atoms with van der Waals surface area (Å²) >= 11 is 0. The lowest BCUT2D eigenvalue weighted by Gasteiger charge is -2.16. The topological polar surface area (TPSA) is 165 Å². The van der Waals surface area contributed by atoms with Crippen LogP contribution in [0.15, 0.2) is 66.3 Å². The molecule has 188 valence electrons. The molecule has 0 bridgehead atoms. The Morgan fingerprint density at radius 1 is 0.778 bits per heavy atom. The molecule has 12 heteroatoms. The molecular formula is C24H22N2O10. The molecule has 0 radical (unpaired) electrons. The number of carbonyl (C=O) groups is 3. The van der Waals surface area contributed by atoms with Crippen molar-refractivity contribution in [1.29, 1.82) is 0 Å². The number of nitrogens with zero attached hydrogens (tertiary/aromatic N) is 2. The molecule has 0 aromatic heterocycles. The van der Waals surface area contributed by atoms with Gasteiger partial charge in [-0.05, 0) is 38.1 Å². The lowest BCUT2D eigenvalue weighted by Crippen LogP contribution is -2.17. The van der Waals surface area contributed by atoms with Crippen LogP contribution in [0.3, 0.4) is 0 Å². The Balaban J connectivity index is 2.61. The number of hydrogen-bond acceptors (Lipinski definition) is 10. The quantitative estimate of drug-likeness (QED) is 0.110. The van der Waals surface area contributed by atoms with Gasteiger partial charge in [0.15, 0.2) is 0 Å². The van der Waals surface area contributed by atoms with E-state index in [1.165, 1.54) is 12.1 Å². The molecule has 0 spiro atoms. The molecule has 36 heavy (non-hydrogen) atoms. The monoisotopic (exact) mass is 498 g/mol. The van der Waals surface area contributed by atoms with Gasteiger partial charge in [-0.25, -0.2) is 14.4 Å². The maximum absolute atomic E-state index is 12.9. The van der Waals surface area contributed by atoms with E-state index < -0.39 is 34.2 Å². The zero-order valence-corrected chi connectivity index (χ0v) is 19.4. The van der Waals surface area contributed by atoms with Crippen molar-refractivity contribution in [2.24, 2.45) is 0 Å². The van der Waals surface area contributed by atoms with E-state index in [0.717, 1.165) is 36.4 Å². The molecule has 0 saturated heterocycles. The van der Waals surface area contributed by atoms with E-state index in [1.54, 1.807) is 13.8 Å². The average molecular weight is 498 g/mol. The number of nitro benzene ring substituents is 2. The van der Waals surface area contributed by atoms with Crippen molar-refractivity contribution in [2.45, 2.75) is 20.3 Å². The first-order chi connectivity index (χ1) is 17.1. The summed E-state index contributed by atoms with van der Waals surface area (Å²) in [5.41, 5.74) is -0.892. The van der Waals surface area contributed by atoms with Crippen molar-refractivity contribution in [1.82, 2.24) is 0 Å². The Morgan fingerprint density at radius 3 is 1.67 bits per heavy atom. The fourth-order valence-corrected chi connectivity index (χ4v) is 2.88. The van der Waals surface area contributed by atoms with Gasteiger partial charge in [0.1, 0.15) is 5.76 Å². The standard InChI is InChI=1S/C24H22N2O10/c1-4-34-22(27)15(3)14-20(24(29)35-5-2)21(16-6-10-18(11-7-16)25(30)31)36-23(28)17-8-12-19(13-9-17)26(32)33/h6-13H,3-5,14H2,1-2H3/b21-20-. The van der Waals surface area contributed by atoms with Gasteiger partial charge in [0.05, 0.1) is 34.2 Å². The summed E-state index contributed by atoms with van der Waals surface area (Å²) in [6, 6.07) is 9.30. The highest BCUT2D eigenvalue weighted by atomic mass is 16.6. The maximum atomic E-state index is 12.9. The van der Waals surface area contributed by atoms with Gasteiger partial charge in [-0.1, -0.05) is 6.58 Å². The number of ether oxygens (including phenoxy) is 3. The number of benzene rings is 2. The molecule has 0 unspecified atom stereocenters. The van der Waals surface area contributed by atoms with Gasteiger partial charge in [0.2, 0.25) is 0 Å². The highest BCUT2D eigenvalue weighted by Crippen LogP contribution is 2.29. The third-order valence-corrected chi connectivity index (χ3v) is 4.60. The van der Waals surface area contributed by atoms with Crippen LogP contribution >= 0.6 is 0 Å². The van der Waals surface area contributed by atoms with Gasteiger partial charge >= 0.3 is 17.9 Å². The Kier molecular flexibility index (Phi) is 9.55. The van der Waals surface area contributed by atoms with E-state index in [9.17, 15) is 34.6 Å². The third kappa shape index (κ3) is 7.06. The molecule has 0 N–H and O–H groups in total. The Bertz CT molecular complexity index is 1210. The summed E-state index contributed by atoms with van der Waals surface area (Å²) in [4.78, 5) is 58.5. The first-order valence-electron chi connectivity index (χ1n) is 10.6. The molecular weight excluding hydrogens is 476 g/mol. The number of nitro groups is 2. The first kappa shape index (κ1) is 27.4. The number of carbonyl (C=O) groups excluding carboxylic acids is 3. The van der Waals surface area contributed by atoms with Gasteiger partial charge in [-0.15, -0.1) is 0 Å². The van der Waals surface area contributed by atoms with Crippen molar-refractivity contribution in [3.63, 3.8) is 0 Å². The third-order valence-electron chi connectivity index (χ3n) is 4.60. The summed E-state index contributed by atoms with van der Waals surface area (Å²) in [6.07, 6.45) is -0.419. The van der Waals surface area contributed by atoms with Crippen LogP contribution in [0.1, 0.15) is 36.2 Å². The van der Waals surface area contributed by atoms with E-state index in [0.29, 0.717) is 0 Å². The maximum Gasteiger partial charge on any atom is 0.343 e. The van der Waals surface area contributed by atoms with Crippen molar-refractivity contribution in [3.8, 4) is 0 Å². The van der Waals surface area contributed by atoms with Crippen LogP contribution in [0, 0.1) is 20.2 Å². The molecule has 0 heterocycles. The van der Waals surface area contributed by atoms with E-state index in [1.807, 2.05) is 0 Å². The van der Waals surface area contributed by atoms with E-state index in [-0.39, 0.29) is 52.6 Å². The number of rotatable bonds is 11. The van der Waals surface area contributed by atoms with Crippen LogP contribution in [0.5, 0.6) is 0 Å². The van der Waals surface area contributed by atoms with Gasteiger partial charge in [-0.2, -0.15) is 0 Å². The van der Waals surface area contributed by atoms with Crippen LogP contribution in [0.2, 0.25) is 0 Å². The smallest absolute Gasteiger partial charge is 0.343 e. The predicted octanol–water partition coefficient (Wildman–Crippen LogP) is 4.14. The molecule has 2 rings (SSSR count). The van der Waals surface area contributed by atoms with Crippen LogP contribution in [-0.2, 0) is 23.8 Å². The van der Waals surface area contributed by atoms with Crippen molar-refractivity contribution < 1.29 is 38.4 Å². The van der Waals surface area contributed by atoms with Crippen LogP contribution in [0.25, 0.3) is 5.76 Å². The normalized spacial score (nSPS) is 11.1. The largest absolute Gasteiger partial charge is 0.463 e. The summed E-state index contributed by atoms with van der Waals surface area (Å²) in [7, 11) is 0. The SMILES string of the molecule is C=C(C/C(C(=O)OCC)=C(/OC(=O)c1ccc([N+](=O)[O-])cc1)c1ccc([N+](=O)[O-])cc1)C(=O)OCC. The summed E-state index contributed by atoms with van der Waals surface area (Å²) < 4.78 is 15.5. The fraction of sp³-hybridized carbons (Fsp3) is 0.208. The fourth-order valence-electron chi connectivity index (χ4n) is 2.88. The molecule has 0 aliphatic carbocycles. The minimum absolute atomic E-state index is 0.0436. The second-order valence-corrected chi connectivity index (χ2v) is 7.03. The first-order valence-corrected chi connectivity index (χ1v) is 10.6. The van der Waals surface area contributed by atoms with Gasteiger partial charge in [-0.3, -0.25) is 20.2 Å². The van der Waals surface area contributed by atoms with Crippen LogP contribution in [0.4, 0.5) is 11.4 Å². The van der Waals surface area contributed by atoms with Crippen molar-refractivity contribution >= 4 is 35.0 Å².